The van der Waals surface area contributed by atoms with Gasteiger partial charge in [-0.15, -0.1) is 0 Å². The largest absolute Gasteiger partial charge is 0.295 e. The molecule has 0 heterocycles. The first-order valence-electron chi connectivity index (χ1n) is 6.20. The van der Waals surface area contributed by atoms with Gasteiger partial charge in [-0.2, -0.15) is 8.42 Å². The van der Waals surface area contributed by atoms with Crippen molar-refractivity contribution in [1.82, 2.24) is 0 Å². The number of nitrogens with zero attached hydrogens (tertiary/aromatic N) is 1. The first-order chi connectivity index (χ1) is 10.7. The van der Waals surface area contributed by atoms with Crippen molar-refractivity contribution >= 4 is 27.4 Å². The van der Waals surface area contributed by atoms with E-state index in [9.17, 15) is 32.7 Å². The maximum atomic E-state index is 12.5. The van der Waals surface area contributed by atoms with E-state index in [4.69, 9.17) is 0 Å². The van der Waals surface area contributed by atoms with Crippen LogP contribution in [-0.4, -0.2) is 29.5 Å². The molecule has 9 heteroatoms. The summed E-state index contributed by atoms with van der Waals surface area (Å²) >= 11 is 0. The Morgan fingerprint density at radius 2 is 1.65 bits per heavy atom. The van der Waals surface area contributed by atoms with Crippen molar-refractivity contribution in [1.29, 1.82) is 0 Å². The molecule has 0 saturated carbocycles. The van der Waals surface area contributed by atoms with Crippen molar-refractivity contribution in [2.24, 2.45) is 0 Å². The molecule has 2 aromatic carbocycles. The fourth-order valence-corrected chi connectivity index (χ4v) is 3.19. The lowest BCUT2D eigenvalue weighted by Crippen LogP contribution is -2.23. The van der Waals surface area contributed by atoms with Crippen molar-refractivity contribution < 1.29 is 27.5 Å². The minimum Gasteiger partial charge on any atom is -0.289 e. The van der Waals surface area contributed by atoms with Crippen molar-refractivity contribution in [2.75, 3.05) is 0 Å². The van der Waals surface area contributed by atoms with Crippen LogP contribution in [0, 0.1) is 10.1 Å². The number of hydrogen-bond acceptors (Lipinski definition) is 6. The van der Waals surface area contributed by atoms with Crippen molar-refractivity contribution in [3.63, 3.8) is 0 Å². The molecule has 0 radical (unpaired) electrons. The molecule has 1 N–H and O–H groups in total. The van der Waals surface area contributed by atoms with Crippen molar-refractivity contribution in [3.05, 3.63) is 68.8 Å². The highest BCUT2D eigenvalue weighted by Gasteiger charge is 2.35. The number of rotatable bonds is 2. The number of nitro groups is 1. The van der Waals surface area contributed by atoms with Crippen LogP contribution in [0.2, 0.25) is 0 Å². The molecule has 1 aliphatic rings. The number of ketones is 2. The minimum absolute atomic E-state index is 0.149. The van der Waals surface area contributed by atoms with Crippen LogP contribution in [0.15, 0.2) is 41.3 Å². The van der Waals surface area contributed by atoms with Gasteiger partial charge >= 0.3 is 0 Å². The quantitative estimate of drug-likeness (QED) is 0.428. The summed E-state index contributed by atoms with van der Waals surface area (Å²) in [5.74, 6) is -1.51. The smallest absolute Gasteiger partial charge is 0.289 e. The van der Waals surface area contributed by atoms with Gasteiger partial charge in [0.1, 0.15) is 4.90 Å². The Kier molecular flexibility index (Phi) is 3.13. The van der Waals surface area contributed by atoms with Gasteiger partial charge in [0.15, 0.2) is 11.6 Å². The average molecular weight is 333 g/mol. The third kappa shape index (κ3) is 2.22. The molecule has 0 aliphatic heterocycles. The van der Waals surface area contributed by atoms with Crippen molar-refractivity contribution in [3.8, 4) is 0 Å². The molecule has 0 spiro atoms. The number of hydrogen-bond donors (Lipinski definition) is 1. The lowest BCUT2D eigenvalue weighted by Gasteiger charge is -2.18. The lowest BCUT2D eigenvalue weighted by atomic mass is 9.84. The Morgan fingerprint density at radius 1 is 0.957 bits per heavy atom. The van der Waals surface area contributed by atoms with Gasteiger partial charge in [-0.25, -0.2) is 0 Å². The topological polar surface area (TPSA) is 132 Å². The molecular weight excluding hydrogens is 326 g/mol. The summed E-state index contributed by atoms with van der Waals surface area (Å²) in [7, 11) is -4.71. The Balaban J connectivity index is 2.33. The Morgan fingerprint density at radius 3 is 2.26 bits per heavy atom. The predicted octanol–water partition coefficient (Wildman–Crippen LogP) is 1.62. The maximum absolute atomic E-state index is 12.5. The first-order valence-corrected chi connectivity index (χ1v) is 7.64. The first kappa shape index (κ1) is 15.0. The second kappa shape index (κ2) is 4.80. The van der Waals surface area contributed by atoms with Gasteiger partial charge in [-0.05, 0) is 12.1 Å². The van der Waals surface area contributed by atoms with Crippen molar-refractivity contribution in [2.45, 2.75) is 4.90 Å². The van der Waals surface area contributed by atoms with E-state index in [0.29, 0.717) is 0 Å². The molecule has 3 rings (SSSR count). The zero-order valence-corrected chi connectivity index (χ0v) is 12.0. The Hall–Kier alpha value is -2.91. The van der Waals surface area contributed by atoms with Gasteiger partial charge < -0.3 is 0 Å². The van der Waals surface area contributed by atoms with E-state index in [2.05, 4.69) is 0 Å². The van der Waals surface area contributed by atoms with Gasteiger partial charge in [-0.1, -0.05) is 12.1 Å². The molecular formula is C14H7NO7S. The molecule has 1 aliphatic carbocycles. The molecule has 2 aromatic rings. The van der Waals surface area contributed by atoms with E-state index < -0.39 is 37.1 Å². The number of non-ortho nitro benzene ring substituents is 1. The number of carbonyl (C=O) groups is 2. The fourth-order valence-electron chi connectivity index (χ4n) is 2.48. The third-order valence-corrected chi connectivity index (χ3v) is 4.38. The molecule has 0 fully saturated rings. The summed E-state index contributed by atoms with van der Waals surface area (Å²) in [5, 5.41) is 10.8. The molecule has 0 amide bonds. The maximum Gasteiger partial charge on any atom is 0.295 e. The van der Waals surface area contributed by atoms with Crippen LogP contribution >= 0.6 is 0 Å². The van der Waals surface area contributed by atoms with Crippen LogP contribution < -0.4 is 0 Å². The van der Waals surface area contributed by atoms with Gasteiger partial charge in [-0.3, -0.25) is 24.3 Å². The highest BCUT2D eigenvalue weighted by atomic mass is 32.2. The SMILES string of the molecule is O=C1c2cc([N+](=O)[O-])ccc2C(=O)c2c1cccc2S(=O)(=O)O. The summed E-state index contributed by atoms with van der Waals surface area (Å²) in [6.45, 7) is 0. The highest BCUT2D eigenvalue weighted by Crippen LogP contribution is 2.33. The fraction of sp³-hybridized carbons (Fsp3) is 0. The Bertz CT molecular complexity index is 1010. The van der Waals surface area contributed by atoms with Gasteiger partial charge in [0, 0.05) is 28.8 Å². The van der Waals surface area contributed by atoms with E-state index in [1.54, 1.807) is 0 Å². The predicted molar refractivity (Wildman–Crippen MR) is 76.2 cm³/mol. The normalized spacial score (nSPS) is 13.4. The standard InChI is InChI=1S/C14H7NO7S/c16-13-9-2-1-3-11(23(20,21)22)12(9)14(17)8-5-4-7(15(18)19)6-10(8)13/h1-6H,(H,20,21,22). The van der Waals surface area contributed by atoms with Crippen LogP contribution in [0.3, 0.4) is 0 Å². The zero-order chi connectivity index (χ0) is 16.9. The molecule has 116 valence electrons. The number of carbonyl (C=O) groups excluding carboxylic acids is 2. The molecule has 0 aromatic heterocycles. The molecule has 8 nitrogen and oxygen atoms in total. The second-order valence-corrected chi connectivity index (χ2v) is 6.19. The summed E-state index contributed by atoms with van der Waals surface area (Å²) in [6, 6.07) is 6.55. The molecule has 0 bridgehead atoms. The summed E-state index contributed by atoms with van der Waals surface area (Å²) in [6.07, 6.45) is 0. The van der Waals surface area contributed by atoms with Crippen LogP contribution in [0.1, 0.15) is 31.8 Å². The Labute approximate surface area is 129 Å². The van der Waals surface area contributed by atoms with Gasteiger partial charge in [0.2, 0.25) is 0 Å². The summed E-state index contributed by atoms with van der Waals surface area (Å²) in [5.41, 5.74) is -1.34. The van der Waals surface area contributed by atoms with E-state index >= 15 is 0 Å². The highest BCUT2D eigenvalue weighted by molar-refractivity contribution is 7.86. The lowest BCUT2D eigenvalue weighted by molar-refractivity contribution is -0.384. The van der Waals surface area contributed by atoms with Gasteiger partial charge in [0.25, 0.3) is 15.8 Å². The van der Waals surface area contributed by atoms with E-state index in [1.165, 1.54) is 12.1 Å². The van der Waals surface area contributed by atoms with E-state index in [-0.39, 0.29) is 22.4 Å². The van der Waals surface area contributed by atoms with Crippen LogP contribution in [0.5, 0.6) is 0 Å². The third-order valence-electron chi connectivity index (χ3n) is 3.48. The number of nitro benzene ring substituents is 1. The molecule has 0 unspecified atom stereocenters. The molecule has 0 saturated heterocycles. The average Bonchev–Trinajstić information content (AvgIpc) is 2.50. The zero-order valence-electron chi connectivity index (χ0n) is 11.2. The summed E-state index contributed by atoms with van der Waals surface area (Å²) < 4.78 is 32.1. The minimum atomic E-state index is -4.71. The van der Waals surface area contributed by atoms with Gasteiger partial charge in [0.05, 0.1) is 10.5 Å². The second-order valence-electron chi connectivity index (χ2n) is 4.80. The molecule has 0 atom stereocenters. The molecule has 23 heavy (non-hydrogen) atoms. The van der Waals surface area contributed by atoms with E-state index in [1.807, 2.05) is 0 Å². The number of fused-ring (bicyclic) bond motifs is 2. The van der Waals surface area contributed by atoms with Crippen LogP contribution in [-0.2, 0) is 10.1 Å². The summed E-state index contributed by atoms with van der Waals surface area (Å²) in [4.78, 5) is 34.4. The number of benzene rings is 2. The van der Waals surface area contributed by atoms with Crippen LogP contribution in [0.4, 0.5) is 5.69 Å². The van der Waals surface area contributed by atoms with E-state index in [0.717, 1.165) is 24.3 Å². The monoisotopic (exact) mass is 333 g/mol. The van der Waals surface area contributed by atoms with Crippen LogP contribution in [0.25, 0.3) is 0 Å².